The van der Waals surface area contributed by atoms with Gasteiger partial charge >= 0.3 is 0 Å². The first-order valence-corrected chi connectivity index (χ1v) is 5.05. The molecule has 0 aromatic heterocycles. The summed E-state index contributed by atoms with van der Waals surface area (Å²) >= 11 is 0. The lowest BCUT2D eigenvalue weighted by atomic mass is 10.2. The van der Waals surface area contributed by atoms with Crippen LogP contribution in [0.25, 0.3) is 0 Å². The highest BCUT2D eigenvalue weighted by molar-refractivity contribution is 6.21. The molecule has 0 atom stereocenters. The average Bonchev–Trinajstić information content (AvgIpc) is 2.64. The minimum Gasteiger partial charge on any atom is -0.300 e. The number of hydrogen-bond acceptors (Lipinski definition) is 1. The minimum atomic E-state index is 1.24. The third-order valence-corrected chi connectivity index (χ3v) is 3.05. The summed E-state index contributed by atoms with van der Waals surface area (Å²) in [6.45, 7) is 8.50. The monoisotopic (exact) mass is 155 g/mol. The Kier molecular flexibility index (Phi) is 2.69. The fourth-order valence-electron chi connectivity index (χ4n) is 0.870. The summed E-state index contributed by atoms with van der Waals surface area (Å²) in [6, 6.07) is 0. The smallest absolute Gasteiger partial charge is 0.0328 e. The summed E-state index contributed by atoms with van der Waals surface area (Å²) in [5.74, 6) is 0. The molecule has 1 heterocycles. The normalized spacial score (nSPS) is 21.0. The van der Waals surface area contributed by atoms with Crippen LogP contribution in [-0.4, -0.2) is 34.8 Å². The fourth-order valence-corrected chi connectivity index (χ4v) is 1.12. The summed E-state index contributed by atoms with van der Waals surface area (Å²) in [7, 11) is 1.24. The van der Waals surface area contributed by atoms with Crippen LogP contribution in [0.15, 0.2) is 10.8 Å². The van der Waals surface area contributed by atoms with E-state index in [0.29, 0.717) is 0 Å². The largest absolute Gasteiger partial charge is 0.300 e. The molecule has 0 aliphatic carbocycles. The Morgan fingerprint density at radius 3 is 2.40 bits per heavy atom. The maximum absolute atomic E-state index is 2.48. The predicted octanol–water partition coefficient (Wildman–Crippen LogP) is 0.351. The summed E-state index contributed by atoms with van der Waals surface area (Å²) in [6.07, 6.45) is 1.30. The van der Waals surface area contributed by atoms with E-state index in [1.54, 1.807) is 10.8 Å². The van der Waals surface area contributed by atoms with Crippen molar-refractivity contribution in [2.45, 2.75) is 20.3 Å². The van der Waals surface area contributed by atoms with Gasteiger partial charge in [-0.2, -0.15) is 0 Å². The number of allylic oxidation sites excluding steroid dienone is 1. The van der Waals surface area contributed by atoms with Gasteiger partial charge in [0.15, 0.2) is 0 Å². The van der Waals surface area contributed by atoms with E-state index in [-0.39, 0.29) is 0 Å². The van der Waals surface area contributed by atoms with Crippen LogP contribution in [0.4, 0.5) is 0 Å². The SMILES string of the molecule is CC([SiH3])=C(C)CCN1CC1. The fraction of sp³-hybridized carbons (Fsp3) is 0.750. The van der Waals surface area contributed by atoms with E-state index in [1.165, 1.54) is 36.3 Å². The Morgan fingerprint density at radius 2 is 2.00 bits per heavy atom. The van der Waals surface area contributed by atoms with Crippen LogP contribution in [0.2, 0.25) is 0 Å². The van der Waals surface area contributed by atoms with Crippen LogP contribution in [0.5, 0.6) is 0 Å². The summed E-state index contributed by atoms with van der Waals surface area (Å²) in [5, 5.41) is 1.63. The molecule has 0 aromatic carbocycles. The lowest BCUT2D eigenvalue weighted by Gasteiger charge is -2.03. The Hall–Kier alpha value is -0.0831. The predicted molar refractivity (Wildman–Crippen MR) is 49.4 cm³/mol. The minimum absolute atomic E-state index is 1.24. The van der Waals surface area contributed by atoms with Gasteiger partial charge in [-0.15, -0.1) is 0 Å². The molecule has 1 aliphatic rings. The zero-order chi connectivity index (χ0) is 7.56. The molecule has 10 heavy (non-hydrogen) atoms. The van der Waals surface area contributed by atoms with E-state index in [4.69, 9.17) is 0 Å². The van der Waals surface area contributed by atoms with E-state index in [9.17, 15) is 0 Å². The molecule has 58 valence electrons. The van der Waals surface area contributed by atoms with E-state index in [0.717, 1.165) is 0 Å². The topological polar surface area (TPSA) is 3.01 Å². The molecule has 1 fully saturated rings. The van der Waals surface area contributed by atoms with E-state index < -0.39 is 0 Å². The van der Waals surface area contributed by atoms with Crippen molar-refractivity contribution in [3.05, 3.63) is 10.8 Å². The third-order valence-electron chi connectivity index (χ3n) is 2.20. The molecular formula is C8H17NSi. The molecule has 0 spiro atoms. The van der Waals surface area contributed by atoms with Crippen molar-refractivity contribution in [1.29, 1.82) is 0 Å². The first kappa shape index (κ1) is 8.02. The van der Waals surface area contributed by atoms with Crippen molar-refractivity contribution >= 4 is 10.2 Å². The first-order chi connectivity index (χ1) is 4.70. The zero-order valence-corrected chi connectivity index (χ0v) is 9.28. The molecule has 0 radical (unpaired) electrons. The van der Waals surface area contributed by atoms with Crippen LogP contribution in [-0.2, 0) is 0 Å². The van der Waals surface area contributed by atoms with Gasteiger partial charge in [0.2, 0.25) is 0 Å². The van der Waals surface area contributed by atoms with Crippen LogP contribution in [0, 0.1) is 0 Å². The zero-order valence-electron chi connectivity index (χ0n) is 7.28. The van der Waals surface area contributed by atoms with Crippen molar-refractivity contribution in [1.82, 2.24) is 4.90 Å². The number of nitrogens with zero attached hydrogens (tertiary/aromatic N) is 1. The van der Waals surface area contributed by atoms with Crippen molar-refractivity contribution < 1.29 is 0 Å². The highest BCUT2D eigenvalue weighted by Gasteiger charge is 2.15. The van der Waals surface area contributed by atoms with E-state index >= 15 is 0 Å². The lowest BCUT2D eigenvalue weighted by Crippen LogP contribution is -2.00. The van der Waals surface area contributed by atoms with Gasteiger partial charge in [-0.25, -0.2) is 0 Å². The Labute approximate surface area is 66.5 Å². The first-order valence-electron chi connectivity index (χ1n) is 4.05. The summed E-state index contributed by atoms with van der Waals surface area (Å²) in [4.78, 5) is 2.48. The second-order valence-corrected chi connectivity index (χ2v) is 4.87. The van der Waals surface area contributed by atoms with Gasteiger partial charge in [0, 0.05) is 29.9 Å². The molecule has 1 aliphatic heterocycles. The van der Waals surface area contributed by atoms with Crippen LogP contribution >= 0.6 is 0 Å². The van der Waals surface area contributed by atoms with Crippen molar-refractivity contribution in [2.24, 2.45) is 0 Å². The van der Waals surface area contributed by atoms with Gasteiger partial charge in [0.05, 0.1) is 0 Å². The van der Waals surface area contributed by atoms with Crippen LogP contribution in [0.1, 0.15) is 20.3 Å². The van der Waals surface area contributed by atoms with Crippen molar-refractivity contribution in [3.63, 3.8) is 0 Å². The molecule has 0 amide bonds. The molecule has 0 bridgehead atoms. The molecular weight excluding hydrogens is 138 g/mol. The molecule has 1 rings (SSSR count). The van der Waals surface area contributed by atoms with Gasteiger partial charge < -0.3 is 4.90 Å². The van der Waals surface area contributed by atoms with Crippen molar-refractivity contribution in [2.75, 3.05) is 19.6 Å². The lowest BCUT2D eigenvalue weighted by molar-refractivity contribution is 0.558. The van der Waals surface area contributed by atoms with Crippen LogP contribution < -0.4 is 0 Å². The van der Waals surface area contributed by atoms with Gasteiger partial charge in [-0.05, 0) is 20.3 Å². The van der Waals surface area contributed by atoms with Crippen LogP contribution in [0.3, 0.4) is 0 Å². The number of hydrogen-bond donors (Lipinski definition) is 0. The second kappa shape index (κ2) is 3.35. The highest BCUT2D eigenvalue weighted by atomic mass is 28.1. The maximum Gasteiger partial charge on any atom is 0.0328 e. The van der Waals surface area contributed by atoms with E-state index in [2.05, 4.69) is 18.7 Å². The van der Waals surface area contributed by atoms with Crippen molar-refractivity contribution in [3.8, 4) is 0 Å². The molecule has 0 N–H and O–H groups in total. The van der Waals surface area contributed by atoms with Gasteiger partial charge in [-0.3, -0.25) is 0 Å². The Bertz CT molecular complexity index is 143. The molecule has 0 saturated carbocycles. The molecule has 0 unspecified atom stereocenters. The molecule has 2 heteroatoms. The average molecular weight is 155 g/mol. The second-order valence-electron chi connectivity index (χ2n) is 3.37. The maximum atomic E-state index is 2.48. The van der Waals surface area contributed by atoms with E-state index in [1.807, 2.05) is 0 Å². The summed E-state index contributed by atoms with van der Waals surface area (Å²) in [5.41, 5.74) is 1.62. The Balaban J connectivity index is 2.17. The molecule has 1 saturated heterocycles. The van der Waals surface area contributed by atoms with Gasteiger partial charge in [-0.1, -0.05) is 10.8 Å². The quantitative estimate of drug-likeness (QED) is 0.420. The summed E-state index contributed by atoms with van der Waals surface area (Å²) < 4.78 is 0. The standard InChI is InChI=1S/C8H17NSi/c1-7(8(2)10)3-4-9-5-6-9/h3-6H2,1-2,10H3. The number of rotatable bonds is 3. The Morgan fingerprint density at radius 1 is 1.40 bits per heavy atom. The molecule has 1 nitrogen and oxygen atoms in total. The molecule has 0 aromatic rings. The third kappa shape index (κ3) is 2.67. The van der Waals surface area contributed by atoms with Gasteiger partial charge in [0.25, 0.3) is 0 Å². The highest BCUT2D eigenvalue weighted by Crippen LogP contribution is 2.10. The van der Waals surface area contributed by atoms with Gasteiger partial charge in [0.1, 0.15) is 0 Å².